The van der Waals surface area contributed by atoms with Gasteiger partial charge >= 0.3 is 0 Å². The molecular formula is C19H22N4O2S. The highest BCUT2D eigenvalue weighted by Crippen LogP contribution is 2.28. The van der Waals surface area contributed by atoms with Crippen molar-refractivity contribution in [2.75, 3.05) is 18.9 Å². The molecule has 0 spiro atoms. The molecule has 7 heteroatoms. The molecule has 0 unspecified atom stereocenters. The van der Waals surface area contributed by atoms with Crippen molar-refractivity contribution in [3.8, 4) is 0 Å². The molecule has 1 N–H and O–H groups in total. The second-order valence-corrected chi connectivity index (χ2v) is 7.29. The minimum Gasteiger partial charge on any atom is -0.332 e. The second-order valence-electron chi connectivity index (χ2n) is 6.26. The van der Waals surface area contributed by atoms with Crippen LogP contribution in [0.4, 0.5) is 5.69 Å². The van der Waals surface area contributed by atoms with Crippen molar-refractivity contribution in [3.63, 3.8) is 0 Å². The predicted molar refractivity (Wildman–Crippen MR) is 105 cm³/mol. The Bertz CT molecular complexity index is 939. The van der Waals surface area contributed by atoms with Crippen molar-refractivity contribution in [3.05, 3.63) is 46.5 Å². The summed E-state index contributed by atoms with van der Waals surface area (Å²) in [5.41, 5.74) is 2.76. The predicted octanol–water partition coefficient (Wildman–Crippen LogP) is 3.22. The van der Waals surface area contributed by atoms with E-state index in [-0.39, 0.29) is 18.4 Å². The smallest absolute Gasteiger partial charge is 0.264 e. The van der Waals surface area contributed by atoms with Crippen molar-refractivity contribution < 1.29 is 9.59 Å². The molecule has 2 heterocycles. The molecule has 26 heavy (non-hydrogen) atoms. The lowest BCUT2D eigenvalue weighted by Gasteiger charge is -2.17. The van der Waals surface area contributed by atoms with E-state index in [1.165, 1.54) is 16.2 Å². The average molecular weight is 370 g/mol. The van der Waals surface area contributed by atoms with Crippen LogP contribution in [0.2, 0.25) is 0 Å². The van der Waals surface area contributed by atoms with Gasteiger partial charge < -0.3 is 10.2 Å². The van der Waals surface area contributed by atoms with E-state index in [9.17, 15) is 9.59 Å². The van der Waals surface area contributed by atoms with E-state index in [2.05, 4.69) is 10.4 Å². The topological polar surface area (TPSA) is 67.2 Å². The van der Waals surface area contributed by atoms with Crippen molar-refractivity contribution in [2.45, 2.75) is 20.3 Å². The Morgan fingerprint density at radius 3 is 2.73 bits per heavy atom. The third-order valence-electron chi connectivity index (χ3n) is 4.31. The maximum Gasteiger partial charge on any atom is 0.264 e. The molecule has 0 atom stereocenters. The summed E-state index contributed by atoms with van der Waals surface area (Å²) in [4.78, 5) is 28.0. The highest BCUT2D eigenvalue weighted by Gasteiger charge is 2.20. The number of likely N-dealkylation sites (N-methyl/N-ethyl adjacent to an activating group) is 1. The summed E-state index contributed by atoms with van der Waals surface area (Å²) in [6.07, 6.45) is 0.834. The second kappa shape index (κ2) is 7.29. The lowest BCUT2D eigenvalue weighted by molar-refractivity contribution is -0.116. The average Bonchev–Trinajstić information content (AvgIpc) is 3.16. The summed E-state index contributed by atoms with van der Waals surface area (Å²) < 4.78 is 1.78. The first-order valence-electron chi connectivity index (χ1n) is 8.47. The van der Waals surface area contributed by atoms with E-state index in [1.54, 1.807) is 11.7 Å². The number of benzene rings is 1. The Kier molecular flexibility index (Phi) is 5.08. The zero-order valence-corrected chi connectivity index (χ0v) is 16.2. The van der Waals surface area contributed by atoms with Gasteiger partial charge in [-0.3, -0.25) is 14.3 Å². The maximum atomic E-state index is 12.7. The fourth-order valence-electron chi connectivity index (χ4n) is 2.93. The normalized spacial score (nSPS) is 10.9. The summed E-state index contributed by atoms with van der Waals surface area (Å²) in [6.45, 7) is 3.97. The first-order valence-corrected chi connectivity index (χ1v) is 9.28. The number of aromatic nitrogens is 2. The molecule has 0 aliphatic heterocycles. The lowest BCUT2D eigenvalue weighted by atomic mass is 10.1. The molecule has 0 aliphatic rings. The molecule has 1 aromatic carbocycles. The highest BCUT2D eigenvalue weighted by atomic mass is 32.1. The van der Waals surface area contributed by atoms with E-state index in [0.29, 0.717) is 4.88 Å². The van der Waals surface area contributed by atoms with Crippen molar-refractivity contribution in [2.24, 2.45) is 7.05 Å². The number of hydrogen-bond acceptors (Lipinski definition) is 4. The monoisotopic (exact) mass is 370 g/mol. The SMILES string of the molecule is CCc1ccccc1NC(=O)CN(C)C(=O)c1cc2c(C)nn(C)c2s1. The number of hydrogen-bond donors (Lipinski definition) is 1. The highest BCUT2D eigenvalue weighted by molar-refractivity contribution is 7.20. The number of nitrogens with one attached hydrogen (secondary N) is 1. The Balaban J connectivity index is 1.70. The van der Waals surface area contributed by atoms with Crippen LogP contribution in [0.25, 0.3) is 10.2 Å². The number of carbonyl (C=O) groups is 2. The zero-order valence-electron chi connectivity index (χ0n) is 15.4. The van der Waals surface area contributed by atoms with Crippen LogP contribution in [-0.4, -0.2) is 40.1 Å². The van der Waals surface area contributed by atoms with Crippen LogP contribution in [-0.2, 0) is 18.3 Å². The molecule has 0 saturated heterocycles. The van der Waals surface area contributed by atoms with Crippen molar-refractivity contribution in [1.29, 1.82) is 0 Å². The molecule has 136 valence electrons. The van der Waals surface area contributed by atoms with Crippen molar-refractivity contribution >= 4 is 39.1 Å². The van der Waals surface area contributed by atoms with Crippen LogP contribution in [0.5, 0.6) is 0 Å². The van der Waals surface area contributed by atoms with Gasteiger partial charge in [-0.25, -0.2) is 0 Å². The zero-order chi connectivity index (χ0) is 18.8. The standard InChI is InChI=1S/C19H22N4O2S/c1-5-13-8-6-7-9-15(13)20-17(24)11-22(3)18(25)16-10-14-12(2)21-23(4)19(14)26-16/h6-10H,5,11H2,1-4H3,(H,20,24). The van der Waals surface area contributed by atoms with Gasteiger partial charge in [0.1, 0.15) is 4.83 Å². The van der Waals surface area contributed by atoms with Gasteiger partial charge in [-0.1, -0.05) is 25.1 Å². The molecule has 2 amide bonds. The van der Waals surface area contributed by atoms with Crippen LogP contribution >= 0.6 is 11.3 Å². The number of anilines is 1. The minimum absolute atomic E-state index is 0.00234. The molecule has 0 radical (unpaired) electrons. The van der Waals surface area contributed by atoms with E-state index in [4.69, 9.17) is 0 Å². The number of carbonyl (C=O) groups excluding carboxylic acids is 2. The van der Waals surface area contributed by atoms with Crippen LogP contribution in [0.15, 0.2) is 30.3 Å². The first kappa shape index (κ1) is 18.1. The summed E-state index contributed by atoms with van der Waals surface area (Å²) >= 11 is 1.40. The fourth-order valence-corrected chi connectivity index (χ4v) is 4.04. The Hall–Kier alpha value is -2.67. The lowest BCUT2D eigenvalue weighted by Crippen LogP contribution is -2.34. The van der Waals surface area contributed by atoms with Crippen molar-refractivity contribution in [1.82, 2.24) is 14.7 Å². The molecule has 3 rings (SSSR count). The number of thiophene rings is 1. The van der Waals surface area contributed by atoms with Crippen LogP contribution in [0.3, 0.4) is 0 Å². The molecule has 3 aromatic rings. The van der Waals surface area contributed by atoms with Crippen LogP contribution in [0, 0.1) is 6.92 Å². The van der Waals surface area contributed by atoms with Gasteiger partial charge in [-0.2, -0.15) is 5.10 Å². The van der Waals surface area contributed by atoms with Gasteiger partial charge in [0.25, 0.3) is 5.91 Å². The largest absolute Gasteiger partial charge is 0.332 e. The number of nitrogens with zero attached hydrogens (tertiary/aromatic N) is 3. The van der Waals surface area contributed by atoms with Crippen LogP contribution in [0.1, 0.15) is 27.9 Å². The first-order chi connectivity index (χ1) is 12.4. The maximum absolute atomic E-state index is 12.7. The molecule has 0 saturated carbocycles. The van der Waals surface area contributed by atoms with Gasteiger partial charge in [0.2, 0.25) is 5.91 Å². The minimum atomic E-state index is -0.208. The summed E-state index contributed by atoms with van der Waals surface area (Å²) in [5, 5.41) is 8.22. The molecule has 0 aliphatic carbocycles. The van der Waals surface area contributed by atoms with Crippen LogP contribution < -0.4 is 5.32 Å². The Morgan fingerprint density at radius 1 is 1.31 bits per heavy atom. The van der Waals surface area contributed by atoms with Gasteiger partial charge in [0.05, 0.1) is 17.1 Å². The van der Waals surface area contributed by atoms with Gasteiger partial charge in [0, 0.05) is 25.2 Å². The molecular weight excluding hydrogens is 348 g/mol. The quantitative estimate of drug-likeness (QED) is 0.750. The van der Waals surface area contributed by atoms with E-state index in [1.807, 2.05) is 51.2 Å². The number of amides is 2. The Labute approximate surface area is 156 Å². The van der Waals surface area contributed by atoms with Gasteiger partial charge in [0.15, 0.2) is 0 Å². The summed E-state index contributed by atoms with van der Waals surface area (Å²) in [7, 11) is 3.51. The van der Waals surface area contributed by atoms with Gasteiger partial charge in [-0.15, -0.1) is 11.3 Å². The third kappa shape index (κ3) is 3.48. The van der Waals surface area contributed by atoms with E-state index in [0.717, 1.165) is 33.6 Å². The Morgan fingerprint density at radius 2 is 2.04 bits per heavy atom. The number of fused-ring (bicyclic) bond motifs is 1. The molecule has 0 fully saturated rings. The number of para-hydroxylation sites is 1. The van der Waals surface area contributed by atoms with E-state index >= 15 is 0 Å². The summed E-state index contributed by atoms with van der Waals surface area (Å²) in [6, 6.07) is 9.55. The summed E-state index contributed by atoms with van der Waals surface area (Å²) in [5.74, 6) is -0.370. The third-order valence-corrected chi connectivity index (χ3v) is 5.50. The number of aryl methyl sites for hydroxylation is 3. The molecule has 6 nitrogen and oxygen atoms in total. The fraction of sp³-hybridized carbons (Fsp3) is 0.316. The van der Waals surface area contributed by atoms with E-state index < -0.39 is 0 Å². The number of rotatable bonds is 5. The molecule has 2 aromatic heterocycles. The molecule has 0 bridgehead atoms. The van der Waals surface area contributed by atoms with Gasteiger partial charge in [-0.05, 0) is 31.0 Å².